The highest BCUT2D eigenvalue weighted by atomic mass is 19.4. The molecule has 1 heterocycles. The summed E-state index contributed by atoms with van der Waals surface area (Å²) < 4.78 is 66.1. The first-order chi connectivity index (χ1) is 11.1. The second-order valence-electron chi connectivity index (χ2n) is 6.51. The first-order valence-electron chi connectivity index (χ1n) is 7.58. The minimum absolute atomic E-state index is 0.155. The number of piperidine rings is 1. The smallest absolute Gasteiger partial charge is 0.378 e. The highest BCUT2D eigenvalue weighted by Crippen LogP contribution is 2.64. The topological polar surface area (TPSA) is 40.5 Å². The molecule has 3 nitrogen and oxygen atoms in total. The van der Waals surface area contributed by atoms with Gasteiger partial charge in [0.15, 0.2) is 6.10 Å². The number of likely N-dealkylation sites (tertiary alicyclic amines) is 1. The van der Waals surface area contributed by atoms with Crippen LogP contribution in [0.3, 0.4) is 0 Å². The van der Waals surface area contributed by atoms with Crippen LogP contribution < -0.4 is 0 Å². The van der Waals surface area contributed by atoms with E-state index in [2.05, 4.69) is 0 Å². The normalized spacial score (nSPS) is 27.2. The largest absolute Gasteiger partial charge is 0.416 e. The molecule has 2 fully saturated rings. The zero-order valence-corrected chi connectivity index (χ0v) is 12.6. The van der Waals surface area contributed by atoms with Crippen LogP contribution in [0.1, 0.15) is 36.5 Å². The predicted molar refractivity (Wildman–Crippen MR) is 74.2 cm³/mol. The van der Waals surface area contributed by atoms with Crippen molar-refractivity contribution >= 4 is 5.91 Å². The Morgan fingerprint density at radius 2 is 1.88 bits per heavy atom. The van der Waals surface area contributed by atoms with Gasteiger partial charge in [-0.3, -0.25) is 4.79 Å². The Hall–Kier alpha value is -1.70. The fourth-order valence-electron chi connectivity index (χ4n) is 3.44. The van der Waals surface area contributed by atoms with Gasteiger partial charge in [-0.2, -0.15) is 13.2 Å². The van der Waals surface area contributed by atoms with E-state index in [0.29, 0.717) is 6.42 Å². The molecule has 1 N–H and O–H groups in total. The number of nitrogens with zero attached hydrogens (tertiary/aromatic N) is 1. The Balaban J connectivity index is 1.81. The number of benzene rings is 1. The van der Waals surface area contributed by atoms with Crippen LogP contribution in [0.5, 0.6) is 0 Å². The fourth-order valence-corrected chi connectivity index (χ4v) is 3.44. The van der Waals surface area contributed by atoms with E-state index in [0.717, 1.165) is 23.1 Å². The van der Waals surface area contributed by atoms with Gasteiger partial charge in [0.05, 0.1) is 11.0 Å². The van der Waals surface area contributed by atoms with Crippen LogP contribution in [-0.2, 0) is 11.0 Å². The second kappa shape index (κ2) is 5.40. The predicted octanol–water partition coefficient (Wildman–Crippen LogP) is 3.39. The van der Waals surface area contributed by atoms with Crippen LogP contribution in [0, 0.1) is 5.41 Å². The van der Waals surface area contributed by atoms with Gasteiger partial charge in [-0.15, -0.1) is 0 Å². The van der Waals surface area contributed by atoms with Gasteiger partial charge in [0, 0.05) is 25.1 Å². The molecule has 1 aliphatic heterocycles. The molecule has 1 spiro atoms. The summed E-state index contributed by atoms with van der Waals surface area (Å²) >= 11 is 0. The molecule has 2 unspecified atom stereocenters. The van der Waals surface area contributed by atoms with Gasteiger partial charge in [0.25, 0.3) is 11.8 Å². The van der Waals surface area contributed by atoms with Crippen molar-refractivity contribution in [2.75, 3.05) is 13.1 Å². The van der Waals surface area contributed by atoms with Crippen LogP contribution in [0.15, 0.2) is 24.3 Å². The van der Waals surface area contributed by atoms with Crippen molar-refractivity contribution < 1.29 is 31.9 Å². The van der Waals surface area contributed by atoms with E-state index in [1.165, 1.54) is 6.07 Å². The highest BCUT2D eigenvalue weighted by molar-refractivity contribution is 5.82. The summed E-state index contributed by atoms with van der Waals surface area (Å²) in [5.74, 6) is -3.81. The SMILES string of the molecule is O=C(C(O)c1ccccc1C(F)(F)F)N1CCCC2(C1)CC2(F)F. The standard InChI is InChI=1S/C16H16F5NO2/c17-15(18)8-14(15)6-3-7-22(9-14)13(24)12(23)10-4-1-2-5-11(10)16(19,20)21/h1-2,4-5,12,23H,3,6-9H2. The summed E-state index contributed by atoms with van der Waals surface area (Å²) in [5, 5.41) is 10.1. The van der Waals surface area contributed by atoms with Crippen molar-refractivity contribution in [1.82, 2.24) is 4.90 Å². The van der Waals surface area contributed by atoms with Crippen molar-refractivity contribution in [3.05, 3.63) is 35.4 Å². The molecular formula is C16H16F5NO2. The number of amides is 1. The van der Waals surface area contributed by atoms with Gasteiger partial charge < -0.3 is 10.0 Å². The highest BCUT2D eigenvalue weighted by Gasteiger charge is 2.71. The van der Waals surface area contributed by atoms with Gasteiger partial charge in [0.1, 0.15) is 0 Å². The number of rotatable bonds is 2. The summed E-state index contributed by atoms with van der Waals surface area (Å²) in [5.41, 5.74) is -2.93. The molecule has 0 radical (unpaired) electrons. The molecule has 8 heteroatoms. The van der Waals surface area contributed by atoms with Gasteiger partial charge in [-0.1, -0.05) is 18.2 Å². The van der Waals surface area contributed by atoms with E-state index in [1.807, 2.05) is 0 Å². The maximum atomic E-state index is 13.5. The first-order valence-corrected chi connectivity index (χ1v) is 7.58. The lowest BCUT2D eigenvalue weighted by Gasteiger charge is -2.34. The van der Waals surface area contributed by atoms with Crippen molar-refractivity contribution in [3.63, 3.8) is 0 Å². The van der Waals surface area contributed by atoms with Crippen LogP contribution in [-0.4, -0.2) is 34.9 Å². The number of carbonyl (C=O) groups is 1. The Kier molecular flexibility index (Phi) is 3.86. The summed E-state index contributed by atoms with van der Waals surface area (Å²) in [6.07, 6.45) is -6.44. The van der Waals surface area contributed by atoms with Gasteiger partial charge in [-0.25, -0.2) is 8.78 Å². The van der Waals surface area contributed by atoms with E-state index < -0.39 is 40.7 Å². The molecule has 1 aromatic carbocycles. The van der Waals surface area contributed by atoms with Gasteiger partial charge in [-0.05, 0) is 18.9 Å². The third-order valence-electron chi connectivity index (χ3n) is 4.89. The third-order valence-corrected chi connectivity index (χ3v) is 4.89. The minimum Gasteiger partial charge on any atom is -0.378 e. The second-order valence-corrected chi connectivity index (χ2v) is 6.51. The van der Waals surface area contributed by atoms with Crippen LogP contribution in [0.2, 0.25) is 0 Å². The summed E-state index contributed by atoms with van der Waals surface area (Å²) in [4.78, 5) is 13.4. The Bertz CT molecular complexity index is 660. The summed E-state index contributed by atoms with van der Waals surface area (Å²) in [7, 11) is 0. The van der Waals surface area contributed by atoms with Crippen LogP contribution in [0.4, 0.5) is 22.0 Å². The fraction of sp³-hybridized carbons (Fsp3) is 0.562. The molecule has 3 rings (SSSR count). The van der Waals surface area contributed by atoms with Crippen LogP contribution >= 0.6 is 0 Å². The first kappa shape index (κ1) is 17.1. The van der Waals surface area contributed by atoms with E-state index >= 15 is 0 Å². The molecule has 0 bridgehead atoms. The van der Waals surface area contributed by atoms with Crippen molar-refractivity contribution in [2.45, 2.75) is 37.5 Å². The lowest BCUT2D eigenvalue weighted by Crippen LogP contribution is -2.45. The number of halogens is 5. The molecule has 1 aliphatic carbocycles. The summed E-state index contributed by atoms with van der Waals surface area (Å²) in [6.45, 7) is -0.0774. The van der Waals surface area contributed by atoms with Gasteiger partial charge >= 0.3 is 6.18 Å². The maximum Gasteiger partial charge on any atom is 0.416 e. The third kappa shape index (κ3) is 2.76. The van der Waals surface area contributed by atoms with E-state index in [1.54, 1.807) is 0 Å². The number of aliphatic hydroxyl groups excluding tert-OH is 1. The number of carbonyl (C=O) groups excluding carboxylic acids is 1. The van der Waals surface area contributed by atoms with E-state index in [-0.39, 0.29) is 25.9 Å². The molecule has 24 heavy (non-hydrogen) atoms. The molecule has 1 aromatic rings. The lowest BCUT2D eigenvalue weighted by atomic mass is 9.93. The Labute approximate surface area is 135 Å². The lowest BCUT2D eigenvalue weighted by molar-refractivity contribution is -0.146. The molecule has 132 valence electrons. The Morgan fingerprint density at radius 3 is 2.46 bits per heavy atom. The van der Waals surface area contributed by atoms with Crippen molar-refractivity contribution in [1.29, 1.82) is 0 Å². The molecule has 0 aromatic heterocycles. The van der Waals surface area contributed by atoms with Crippen LogP contribution in [0.25, 0.3) is 0 Å². The number of hydrogen-bond donors (Lipinski definition) is 1. The average Bonchev–Trinajstić information content (AvgIpc) is 3.04. The average molecular weight is 349 g/mol. The molecule has 1 amide bonds. The maximum absolute atomic E-state index is 13.5. The monoisotopic (exact) mass is 349 g/mol. The molecule has 1 saturated heterocycles. The Morgan fingerprint density at radius 1 is 1.25 bits per heavy atom. The number of hydrogen-bond acceptors (Lipinski definition) is 2. The van der Waals surface area contributed by atoms with E-state index in [9.17, 15) is 31.9 Å². The minimum atomic E-state index is -4.72. The number of alkyl halides is 5. The van der Waals surface area contributed by atoms with E-state index in [4.69, 9.17) is 0 Å². The van der Waals surface area contributed by atoms with Crippen molar-refractivity contribution in [3.8, 4) is 0 Å². The number of aliphatic hydroxyl groups is 1. The zero-order valence-electron chi connectivity index (χ0n) is 12.6. The quantitative estimate of drug-likeness (QED) is 0.832. The molecule has 1 saturated carbocycles. The summed E-state index contributed by atoms with van der Waals surface area (Å²) in [6, 6.07) is 4.24. The van der Waals surface area contributed by atoms with Gasteiger partial charge in [0.2, 0.25) is 0 Å². The molecule has 2 aliphatic rings. The van der Waals surface area contributed by atoms with Crippen molar-refractivity contribution in [2.24, 2.45) is 5.41 Å². The zero-order chi connectivity index (χ0) is 17.8. The molecule has 2 atom stereocenters. The molecular weight excluding hydrogens is 333 g/mol.